The van der Waals surface area contributed by atoms with Gasteiger partial charge in [0, 0.05) is 61.4 Å². The number of furan rings is 1. The third kappa shape index (κ3) is 5.50. The quantitative estimate of drug-likeness (QED) is 0.165. The summed E-state index contributed by atoms with van der Waals surface area (Å²) in [5.41, 5.74) is 30.7. The van der Waals surface area contributed by atoms with Crippen LogP contribution in [0.5, 0.6) is 0 Å². The van der Waals surface area contributed by atoms with Gasteiger partial charge in [-0.3, -0.25) is 0 Å². The first-order valence-corrected chi connectivity index (χ1v) is 30.0. The molecule has 0 amide bonds. The molecular formula is C74H72BN3O. The van der Waals surface area contributed by atoms with E-state index in [1.165, 1.54) is 126 Å². The molecule has 4 nitrogen and oxygen atoms in total. The molecule has 392 valence electrons. The van der Waals surface area contributed by atoms with Gasteiger partial charge in [0.15, 0.2) is 5.58 Å². The normalized spacial score (nSPS) is 24.9. The van der Waals surface area contributed by atoms with E-state index in [1.807, 2.05) is 0 Å². The van der Waals surface area contributed by atoms with Gasteiger partial charge in [0.25, 0.3) is 6.71 Å². The van der Waals surface area contributed by atoms with Gasteiger partial charge in [0.1, 0.15) is 5.58 Å². The van der Waals surface area contributed by atoms with Crippen LogP contribution in [0.2, 0.25) is 0 Å². The molecule has 8 aliphatic rings. The molecule has 0 saturated heterocycles. The number of anilines is 8. The van der Waals surface area contributed by atoms with Crippen molar-refractivity contribution in [2.45, 2.75) is 166 Å². The maximum absolute atomic E-state index is 7.19. The van der Waals surface area contributed by atoms with E-state index in [4.69, 9.17) is 4.42 Å². The van der Waals surface area contributed by atoms with E-state index < -0.39 is 5.41 Å². The summed E-state index contributed by atoms with van der Waals surface area (Å²) in [6, 6.07) is 55.3. The van der Waals surface area contributed by atoms with Crippen molar-refractivity contribution in [3.63, 3.8) is 0 Å². The summed E-state index contributed by atoms with van der Waals surface area (Å²) in [6.45, 7) is 28.0. The summed E-state index contributed by atoms with van der Waals surface area (Å²) in [7, 11) is 0. The summed E-state index contributed by atoms with van der Waals surface area (Å²) < 4.78 is 7.19. The highest BCUT2D eigenvalue weighted by Crippen LogP contribution is 2.65. The Morgan fingerprint density at radius 1 is 0.392 bits per heavy atom. The highest BCUT2D eigenvalue weighted by atomic mass is 16.3. The molecule has 9 aromatic rings. The Bertz CT molecular complexity index is 4260. The summed E-state index contributed by atoms with van der Waals surface area (Å²) >= 11 is 0. The number of benzene rings is 8. The van der Waals surface area contributed by atoms with Crippen LogP contribution in [0.25, 0.3) is 33.1 Å². The Morgan fingerprint density at radius 2 is 1.03 bits per heavy atom. The number of nitrogens with zero attached hydrogens (tertiary/aromatic N) is 3. The lowest BCUT2D eigenvalue weighted by molar-refractivity contribution is 0.195. The average Bonchev–Trinajstić information content (AvgIpc) is 2.21. The van der Waals surface area contributed by atoms with E-state index in [0.717, 1.165) is 53.3 Å². The van der Waals surface area contributed by atoms with E-state index in [0.29, 0.717) is 0 Å². The molecular weight excluding hydrogens is 958 g/mol. The third-order valence-corrected chi connectivity index (χ3v) is 23.0. The highest BCUT2D eigenvalue weighted by molar-refractivity contribution is 7.01. The molecule has 0 N–H and O–H groups in total. The van der Waals surface area contributed by atoms with Gasteiger partial charge in [-0.15, -0.1) is 0 Å². The molecule has 4 aliphatic heterocycles. The van der Waals surface area contributed by atoms with Crippen molar-refractivity contribution in [1.29, 1.82) is 0 Å². The van der Waals surface area contributed by atoms with Crippen LogP contribution in [-0.4, -0.2) is 12.3 Å². The van der Waals surface area contributed by atoms with E-state index >= 15 is 0 Å². The predicted octanol–water partition coefficient (Wildman–Crippen LogP) is 17.8. The zero-order valence-electron chi connectivity index (χ0n) is 48.3. The maximum atomic E-state index is 7.19. The first kappa shape index (κ1) is 46.9. The van der Waals surface area contributed by atoms with Crippen molar-refractivity contribution in [2.24, 2.45) is 0 Å². The van der Waals surface area contributed by atoms with Crippen LogP contribution in [0.15, 0.2) is 144 Å². The fourth-order valence-electron chi connectivity index (χ4n) is 18.6. The number of rotatable bonds is 3. The lowest BCUT2D eigenvalue weighted by Crippen LogP contribution is -2.68. The van der Waals surface area contributed by atoms with Gasteiger partial charge in [-0.2, -0.15) is 0 Å². The van der Waals surface area contributed by atoms with E-state index in [9.17, 15) is 0 Å². The van der Waals surface area contributed by atoms with Gasteiger partial charge in [-0.25, -0.2) is 0 Å². The summed E-state index contributed by atoms with van der Waals surface area (Å²) in [5, 5.41) is 2.30. The molecule has 0 spiro atoms. The van der Waals surface area contributed by atoms with Crippen LogP contribution < -0.4 is 31.1 Å². The molecule has 1 fully saturated rings. The molecule has 1 saturated carbocycles. The van der Waals surface area contributed by atoms with Crippen molar-refractivity contribution >= 4 is 90.5 Å². The second-order valence-corrected chi connectivity index (χ2v) is 28.9. The van der Waals surface area contributed by atoms with Crippen molar-refractivity contribution in [2.75, 3.05) is 14.7 Å². The highest BCUT2D eigenvalue weighted by Gasteiger charge is 2.61. The third-order valence-electron chi connectivity index (χ3n) is 23.0. The first-order valence-electron chi connectivity index (χ1n) is 30.0. The Balaban J connectivity index is 1.08. The first-order chi connectivity index (χ1) is 37.8. The van der Waals surface area contributed by atoms with Crippen LogP contribution in [0.1, 0.15) is 172 Å². The lowest BCUT2D eigenvalue weighted by atomic mass is 9.28. The standard InChI is InChI=1S/C74H72BN3O/c1-68(2)35-36-69(3,4)52-39-43(29-31-50(52)68)76-57-40-44(78-54-26-16-15-25-51(54)72(9)33-18-19-34-73(72,78)10)41-58-64(57)75-65-55(77(58)56-27-20-23-48-46-22-13-17-28-60(46)79-67(48)56)32-30-47-45-21-12-14-24-49(45)74(11,61(47)65)63-62-53(42-59(76)66(63)75)70(5,6)37-38-71(62,7)8/h12-17,20-32,39-42H,18-19,33-38H2,1-11H3. The molecule has 8 aromatic carbocycles. The molecule has 79 heavy (non-hydrogen) atoms. The fraction of sp³-hybridized carbons (Fsp3) is 0.351. The Morgan fingerprint density at radius 3 is 1.84 bits per heavy atom. The number of fused-ring (bicyclic) bond motifs is 13. The van der Waals surface area contributed by atoms with Gasteiger partial charge < -0.3 is 19.1 Å². The number of para-hydroxylation sites is 3. The van der Waals surface area contributed by atoms with Crippen molar-refractivity contribution < 1.29 is 4.42 Å². The molecule has 5 heterocycles. The van der Waals surface area contributed by atoms with Gasteiger partial charge in [0.05, 0.1) is 11.2 Å². The average molecular weight is 1030 g/mol. The molecule has 3 unspecified atom stereocenters. The van der Waals surface area contributed by atoms with Crippen LogP contribution in [-0.2, 0) is 32.5 Å². The topological polar surface area (TPSA) is 22.9 Å². The van der Waals surface area contributed by atoms with E-state index in [2.05, 4.69) is 230 Å². The summed E-state index contributed by atoms with van der Waals surface area (Å²) in [5.74, 6) is 0. The van der Waals surface area contributed by atoms with Crippen LogP contribution >= 0.6 is 0 Å². The van der Waals surface area contributed by atoms with Crippen molar-refractivity contribution in [3.05, 3.63) is 184 Å². The van der Waals surface area contributed by atoms with Crippen LogP contribution in [0, 0.1) is 0 Å². The smallest absolute Gasteiger partial charge is 0.253 e. The van der Waals surface area contributed by atoms with Gasteiger partial charge in [0.2, 0.25) is 0 Å². The second-order valence-electron chi connectivity index (χ2n) is 28.9. The van der Waals surface area contributed by atoms with Crippen LogP contribution in [0.4, 0.5) is 45.5 Å². The molecule has 1 aromatic heterocycles. The summed E-state index contributed by atoms with van der Waals surface area (Å²) in [6.07, 6.45) is 9.42. The maximum Gasteiger partial charge on any atom is 0.253 e. The second kappa shape index (κ2) is 14.7. The summed E-state index contributed by atoms with van der Waals surface area (Å²) in [4.78, 5) is 8.34. The van der Waals surface area contributed by atoms with E-state index in [1.54, 1.807) is 11.1 Å². The molecule has 4 aliphatic carbocycles. The molecule has 0 bridgehead atoms. The fourth-order valence-corrected chi connectivity index (χ4v) is 18.6. The monoisotopic (exact) mass is 1030 g/mol. The van der Waals surface area contributed by atoms with E-state index in [-0.39, 0.29) is 39.3 Å². The minimum atomic E-state index is -0.424. The Kier molecular flexibility index (Phi) is 8.71. The van der Waals surface area contributed by atoms with Gasteiger partial charge in [-0.1, -0.05) is 160 Å². The lowest BCUT2D eigenvalue weighted by Gasteiger charge is -2.55. The van der Waals surface area contributed by atoms with Crippen molar-refractivity contribution in [3.8, 4) is 11.1 Å². The largest absolute Gasteiger partial charge is 0.454 e. The molecule has 0 radical (unpaired) electrons. The Labute approximate surface area is 467 Å². The minimum absolute atomic E-state index is 0.0139. The van der Waals surface area contributed by atoms with Crippen molar-refractivity contribution in [1.82, 2.24) is 0 Å². The number of hydrogen-bond acceptors (Lipinski definition) is 4. The molecule has 3 atom stereocenters. The Hall–Kier alpha value is -6.98. The molecule has 5 heteroatoms. The van der Waals surface area contributed by atoms with Gasteiger partial charge >= 0.3 is 0 Å². The minimum Gasteiger partial charge on any atom is -0.454 e. The van der Waals surface area contributed by atoms with Crippen LogP contribution in [0.3, 0.4) is 0 Å². The molecule has 17 rings (SSSR count). The zero-order valence-corrected chi connectivity index (χ0v) is 48.3. The zero-order chi connectivity index (χ0) is 53.9. The van der Waals surface area contributed by atoms with Gasteiger partial charge in [-0.05, 0) is 201 Å². The predicted molar refractivity (Wildman–Crippen MR) is 332 cm³/mol. The number of hydrogen-bond donors (Lipinski definition) is 0. The SMILES string of the molecule is CC1(C)CCC(C)(C)c2cc(N3c4cc(N5c6ccccc6C6(C)CCCCC56C)cc5c4B4c6c(ccc7c6C(C)(c6ccccc6-7)c6c4c3cc3c6C(C)(C)CCC3(C)C)N5c3cccc4c3oc3ccccc34)ccc21.